The third-order valence-electron chi connectivity index (χ3n) is 5.36. The molecule has 3 N–H and O–H groups in total. The molecule has 36 heavy (non-hydrogen) atoms. The number of carbonyl (C=O) groups excluding carboxylic acids is 2. The molecule has 0 bridgehead atoms. The molecule has 1 aromatic carbocycles. The van der Waals surface area contributed by atoms with Gasteiger partial charge in [0.05, 0.1) is 13.2 Å². The number of nitrogens with zero attached hydrogens (tertiary/aromatic N) is 3. The van der Waals surface area contributed by atoms with Crippen molar-refractivity contribution in [3.63, 3.8) is 0 Å². The van der Waals surface area contributed by atoms with E-state index in [2.05, 4.69) is 30.6 Å². The van der Waals surface area contributed by atoms with Crippen LogP contribution < -0.4 is 20.7 Å². The second-order valence-electron chi connectivity index (χ2n) is 8.21. The molecule has 13 heteroatoms. The number of urea groups is 1. The van der Waals surface area contributed by atoms with Gasteiger partial charge in [0.1, 0.15) is 5.75 Å². The summed E-state index contributed by atoms with van der Waals surface area (Å²) in [5.74, 6) is -0.358. The van der Waals surface area contributed by atoms with Crippen LogP contribution in [0.3, 0.4) is 0 Å². The van der Waals surface area contributed by atoms with Gasteiger partial charge in [-0.15, -0.1) is 13.2 Å². The maximum Gasteiger partial charge on any atom is 0.573 e. The Kier molecular flexibility index (Phi) is 9.94. The lowest BCUT2D eigenvalue weighted by Crippen LogP contribution is -2.38. The molecule has 2 aromatic rings. The number of anilines is 2. The molecule has 0 atom stereocenters. The van der Waals surface area contributed by atoms with Crippen molar-refractivity contribution in [2.45, 2.75) is 39.1 Å². The van der Waals surface area contributed by atoms with Crippen LogP contribution in [0.5, 0.6) is 5.75 Å². The Morgan fingerprint density at radius 2 is 1.81 bits per heavy atom. The van der Waals surface area contributed by atoms with Crippen LogP contribution in [0.2, 0.25) is 0 Å². The first kappa shape index (κ1) is 27.3. The smallest absolute Gasteiger partial charge is 0.406 e. The number of hydrogen-bond donors (Lipinski definition) is 3. The Bertz CT molecular complexity index is 991. The fraction of sp³-hybridized carbons (Fsp3) is 0.522. The van der Waals surface area contributed by atoms with Crippen molar-refractivity contribution in [1.82, 2.24) is 19.8 Å². The van der Waals surface area contributed by atoms with Gasteiger partial charge in [-0.1, -0.05) is 13.3 Å². The van der Waals surface area contributed by atoms with Gasteiger partial charge in [-0.2, -0.15) is 0 Å². The number of ether oxygens (including phenoxy) is 2. The molecule has 1 aromatic heterocycles. The monoisotopic (exact) mass is 512 g/mol. The maximum absolute atomic E-state index is 12.8. The summed E-state index contributed by atoms with van der Waals surface area (Å²) in [4.78, 5) is 31.7. The molecule has 1 aliphatic heterocycles. The summed E-state index contributed by atoms with van der Waals surface area (Å²) in [6.07, 6.45) is -0.683. The van der Waals surface area contributed by atoms with Gasteiger partial charge < -0.3 is 24.7 Å². The van der Waals surface area contributed by atoms with Crippen molar-refractivity contribution >= 4 is 23.4 Å². The van der Waals surface area contributed by atoms with Gasteiger partial charge in [-0.3, -0.25) is 15.0 Å². The predicted molar refractivity (Wildman–Crippen MR) is 127 cm³/mol. The number of amides is 3. The number of carbonyl (C=O) groups is 2. The van der Waals surface area contributed by atoms with Gasteiger partial charge in [-0.05, 0) is 43.7 Å². The molecule has 10 nitrogen and oxygen atoms in total. The van der Waals surface area contributed by atoms with Crippen molar-refractivity contribution in [3.8, 4) is 5.75 Å². The van der Waals surface area contributed by atoms with E-state index in [1.165, 1.54) is 12.1 Å². The maximum atomic E-state index is 12.8. The van der Waals surface area contributed by atoms with E-state index < -0.39 is 18.1 Å². The molecule has 1 saturated heterocycles. The Balaban J connectivity index is 1.54. The van der Waals surface area contributed by atoms with Crippen LogP contribution in [0.15, 0.2) is 30.5 Å². The summed E-state index contributed by atoms with van der Waals surface area (Å²) in [5, 5.41) is 7.94. The number of alkyl halides is 3. The number of halogens is 3. The molecule has 0 spiro atoms. The van der Waals surface area contributed by atoms with Crippen molar-refractivity contribution in [1.29, 1.82) is 0 Å². The fourth-order valence-corrected chi connectivity index (χ4v) is 3.58. The second-order valence-corrected chi connectivity index (χ2v) is 8.21. The average Bonchev–Trinajstić information content (AvgIpc) is 3.23. The first-order valence-electron chi connectivity index (χ1n) is 11.8. The van der Waals surface area contributed by atoms with Crippen molar-refractivity contribution < 1.29 is 32.2 Å². The van der Waals surface area contributed by atoms with Crippen LogP contribution in [0, 0.1) is 0 Å². The third-order valence-corrected chi connectivity index (χ3v) is 5.36. The van der Waals surface area contributed by atoms with Gasteiger partial charge in [0.25, 0.3) is 5.91 Å². The normalized spacial score (nSPS) is 14.3. The van der Waals surface area contributed by atoms with Crippen molar-refractivity contribution in [3.05, 3.63) is 36.3 Å². The molecule has 1 aliphatic rings. The number of aryl methyl sites for hydroxylation is 1. The van der Waals surface area contributed by atoms with Crippen LogP contribution in [0.25, 0.3) is 0 Å². The third kappa shape index (κ3) is 9.04. The van der Waals surface area contributed by atoms with E-state index in [0.29, 0.717) is 13.1 Å². The summed E-state index contributed by atoms with van der Waals surface area (Å²) in [5.41, 5.74) is 0.255. The highest BCUT2D eigenvalue weighted by Crippen LogP contribution is 2.24. The molecule has 3 amide bonds. The minimum absolute atomic E-state index is 0.180. The highest BCUT2D eigenvalue weighted by Gasteiger charge is 2.31. The topological polar surface area (TPSA) is 110 Å². The number of benzene rings is 1. The minimum atomic E-state index is -4.80. The Morgan fingerprint density at radius 1 is 1.08 bits per heavy atom. The summed E-state index contributed by atoms with van der Waals surface area (Å²) in [6, 6.07) is 4.07. The lowest BCUT2D eigenvalue weighted by molar-refractivity contribution is -0.274. The largest absolute Gasteiger partial charge is 0.573 e. The fourth-order valence-electron chi connectivity index (χ4n) is 3.58. The number of morpholine rings is 1. The van der Waals surface area contributed by atoms with Gasteiger partial charge in [0.2, 0.25) is 5.82 Å². The number of imidazole rings is 1. The van der Waals surface area contributed by atoms with Crippen LogP contribution in [0.1, 0.15) is 36.8 Å². The van der Waals surface area contributed by atoms with Gasteiger partial charge >= 0.3 is 12.4 Å². The molecule has 2 heterocycles. The average molecular weight is 513 g/mol. The zero-order valence-electron chi connectivity index (χ0n) is 20.1. The van der Waals surface area contributed by atoms with Crippen LogP contribution in [0.4, 0.5) is 29.5 Å². The molecule has 1 fully saturated rings. The lowest BCUT2D eigenvalue weighted by Gasteiger charge is -2.26. The van der Waals surface area contributed by atoms with Gasteiger partial charge in [0, 0.05) is 38.1 Å². The molecule has 198 valence electrons. The van der Waals surface area contributed by atoms with E-state index in [1.54, 1.807) is 10.8 Å². The number of nitrogens with one attached hydrogen (secondary N) is 3. The summed E-state index contributed by atoms with van der Waals surface area (Å²) in [7, 11) is 0. The molecular formula is C23H31F3N6O4. The first-order valence-corrected chi connectivity index (χ1v) is 11.8. The second kappa shape index (κ2) is 13.1. The molecule has 0 unspecified atom stereocenters. The van der Waals surface area contributed by atoms with Crippen LogP contribution in [-0.2, 0) is 11.3 Å². The predicted octanol–water partition coefficient (Wildman–Crippen LogP) is 3.68. The highest BCUT2D eigenvalue weighted by molar-refractivity contribution is 5.99. The number of aromatic nitrogens is 2. The number of hydrogen-bond acceptors (Lipinski definition) is 6. The Hall–Kier alpha value is -3.32. The lowest BCUT2D eigenvalue weighted by atomic mass is 10.3. The Morgan fingerprint density at radius 3 is 2.47 bits per heavy atom. The molecule has 0 radical (unpaired) electrons. The molecule has 0 aliphatic carbocycles. The van der Waals surface area contributed by atoms with Crippen molar-refractivity contribution in [2.75, 3.05) is 50.0 Å². The number of unbranched alkanes of at least 4 members (excludes halogenated alkanes) is 1. The molecule has 0 saturated carbocycles. The highest BCUT2D eigenvalue weighted by atomic mass is 19.4. The first-order chi connectivity index (χ1) is 17.2. The van der Waals surface area contributed by atoms with E-state index in [9.17, 15) is 22.8 Å². The van der Waals surface area contributed by atoms with E-state index in [-0.39, 0.29) is 23.2 Å². The Labute approximate surface area is 207 Å². The summed E-state index contributed by atoms with van der Waals surface area (Å²) < 4.78 is 47.7. The van der Waals surface area contributed by atoms with E-state index in [0.717, 1.165) is 64.2 Å². The zero-order chi connectivity index (χ0) is 26.0. The van der Waals surface area contributed by atoms with E-state index in [4.69, 9.17) is 4.74 Å². The van der Waals surface area contributed by atoms with Gasteiger partial charge in [-0.25, -0.2) is 9.78 Å². The van der Waals surface area contributed by atoms with Gasteiger partial charge in [0.15, 0.2) is 5.82 Å². The van der Waals surface area contributed by atoms with E-state index >= 15 is 0 Å². The van der Waals surface area contributed by atoms with E-state index in [1.807, 2.05) is 6.92 Å². The van der Waals surface area contributed by atoms with Crippen molar-refractivity contribution in [2.24, 2.45) is 0 Å². The minimum Gasteiger partial charge on any atom is -0.406 e. The SMILES string of the molecule is CCCCn1cc(NC(=O)Nc2ccc(OC(F)(F)F)cc2)nc1C(=O)NCCCN1CCOCC1. The standard InChI is InChI=1S/C23H31F3N6O4/c1-2-3-11-32-16-19(29-20(32)21(33)27-9-4-10-31-12-14-35-15-13-31)30-22(34)28-17-5-7-18(8-6-17)36-23(24,25)26/h5-8,16H,2-4,9-15H2,1H3,(H,27,33)(H2,28,30,34). The summed E-state index contributed by atoms with van der Waals surface area (Å²) >= 11 is 0. The van der Waals surface area contributed by atoms with Crippen LogP contribution >= 0.6 is 0 Å². The van der Waals surface area contributed by atoms with Crippen LogP contribution in [-0.4, -0.2) is 72.1 Å². The summed E-state index contributed by atoms with van der Waals surface area (Å²) in [6.45, 7) is 7.17. The molecular weight excluding hydrogens is 481 g/mol. The quantitative estimate of drug-likeness (QED) is 0.397. The number of rotatable bonds is 11. The molecule has 3 rings (SSSR count). The zero-order valence-corrected chi connectivity index (χ0v) is 20.1.